The van der Waals surface area contributed by atoms with Gasteiger partial charge in [-0.2, -0.15) is 0 Å². The molecule has 0 spiro atoms. The van der Waals surface area contributed by atoms with Gasteiger partial charge in [-0.25, -0.2) is 0 Å². The SMILES string of the molecule is CC(C)c1cccc(OC(CN)c2ccccn2)c1. The van der Waals surface area contributed by atoms with Crippen LogP contribution >= 0.6 is 0 Å². The van der Waals surface area contributed by atoms with Crippen LogP contribution in [-0.2, 0) is 0 Å². The van der Waals surface area contributed by atoms with Crippen LogP contribution in [0.2, 0.25) is 0 Å². The number of hydrogen-bond acceptors (Lipinski definition) is 3. The number of aromatic nitrogens is 1. The van der Waals surface area contributed by atoms with E-state index in [1.54, 1.807) is 6.20 Å². The van der Waals surface area contributed by atoms with Gasteiger partial charge >= 0.3 is 0 Å². The van der Waals surface area contributed by atoms with Gasteiger partial charge in [0.1, 0.15) is 5.75 Å². The number of nitrogens with zero attached hydrogens (tertiary/aromatic N) is 1. The Morgan fingerprint density at radius 2 is 2.00 bits per heavy atom. The summed E-state index contributed by atoms with van der Waals surface area (Å²) in [5, 5.41) is 0. The molecule has 1 aromatic carbocycles. The molecule has 1 aromatic heterocycles. The van der Waals surface area contributed by atoms with Crippen molar-refractivity contribution in [1.82, 2.24) is 4.98 Å². The number of hydrogen-bond donors (Lipinski definition) is 1. The van der Waals surface area contributed by atoms with Crippen LogP contribution < -0.4 is 10.5 Å². The number of nitrogens with two attached hydrogens (primary N) is 1. The fourth-order valence-electron chi connectivity index (χ4n) is 1.91. The van der Waals surface area contributed by atoms with Crippen molar-refractivity contribution in [3.63, 3.8) is 0 Å². The Kier molecular flexibility index (Phi) is 4.53. The minimum atomic E-state index is -0.205. The van der Waals surface area contributed by atoms with Crippen LogP contribution in [0.5, 0.6) is 5.75 Å². The highest BCUT2D eigenvalue weighted by Gasteiger charge is 2.13. The molecule has 0 saturated carbocycles. The summed E-state index contributed by atoms with van der Waals surface area (Å²) in [5.74, 6) is 1.32. The second-order valence-electron chi connectivity index (χ2n) is 4.82. The Morgan fingerprint density at radius 1 is 1.16 bits per heavy atom. The molecule has 0 radical (unpaired) electrons. The summed E-state index contributed by atoms with van der Waals surface area (Å²) >= 11 is 0. The Hall–Kier alpha value is -1.87. The van der Waals surface area contributed by atoms with E-state index in [0.717, 1.165) is 11.4 Å². The quantitative estimate of drug-likeness (QED) is 0.893. The summed E-state index contributed by atoms with van der Waals surface area (Å²) in [6, 6.07) is 13.9. The van der Waals surface area contributed by atoms with Crippen LogP contribution in [0.25, 0.3) is 0 Å². The summed E-state index contributed by atoms with van der Waals surface area (Å²) < 4.78 is 5.95. The monoisotopic (exact) mass is 256 g/mol. The van der Waals surface area contributed by atoms with Crippen molar-refractivity contribution in [3.05, 3.63) is 59.9 Å². The second kappa shape index (κ2) is 6.34. The van der Waals surface area contributed by atoms with E-state index >= 15 is 0 Å². The zero-order valence-electron chi connectivity index (χ0n) is 11.4. The highest BCUT2D eigenvalue weighted by Crippen LogP contribution is 2.24. The van der Waals surface area contributed by atoms with Crippen molar-refractivity contribution in [2.45, 2.75) is 25.9 Å². The van der Waals surface area contributed by atoms with Crippen LogP contribution in [0.1, 0.15) is 37.1 Å². The highest BCUT2D eigenvalue weighted by molar-refractivity contribution is 5.31. The van der Waals surface area contributed by atoms with Crippen molar-refractivity contribution in [2.75, 3.05) is 6.54 Å². The van der Waals surface area contributed by atoms with Crippen LogP contribution in [0.3, 0.4) is 0 Å². The number of benzene rings is 1. The molecular weight excluding hydrogens is 236 g/mol. The summed E-state index contributed by atoms with van der Waals surface area (Å²) in [6.07, 6.45) is 1.55. The second-order valence-corrected chi connectivity index (χ2v) is 4.82. The lowest BCUT2D eigenvalue weighted by Gasteiger charge is -2.18. The normalized spacial score (nSPS) is 12.4. The van der Waals surface area contributed by atoms with Gasteiger partial charge in [0, 0.05) is 12.7 Å². The molecule has 19 heavy (non-hydrogen) atoms. The third kappa shape index (κ3) is 3.55. The third-order valence-electron chi connectivity index (χ3n) is 3.03. The van der Waals surface area contributed by atoms with Gasteiger partial charge < -0.3 is 10.5 Å². The Balaban J connectivity index is 2.17. The van der Waals surface area contributed by atoms with E-state index in [1.807, 2.05) is 30.3 Å². The maximum Gasteiger partial charge on any atom is 0.153 e. The van der Waals surface area contributed by atoms with Gasteiger partial charge in [0.2, 0.25) is 0 Å². The summed E-state index contributed by atoms with van der Waals surface area (Å²) in [6.45, 7) is 4.74. The van der Waals surface area contributed by atoms with E-state index in [1.165, 1.54) is 5.56 Å². The smallest absolute Gasteiger partial charge is 0.153 e. The fraction of sp³-hybridized carbons (Fsp3) is 0.312. The first-order valence-corrected chi connectivity index (χ1v) is 6.58. The van der Waals surface area contributed by atoms with Crippen LogP contribution in [0.4, 0.5) is 0 Å². The summed E-state index contributed by atoms with van der Waals surface area (Å²) in [5.41, 5.74) is 7.91. The first-order valence-electron chi connectivity index (χ1n) is 6.58. The molecule has 1 atom stereocenters. The largest absolute Gasteiger partial charge is 0.483 e. The molecule has 0 saturated heterocycles. The number of ether oxygens (including phenoxy) is 1. The van der Waals surface area contributed by atoms with E-state index in [2.05, 4.69) is 31.0 Å². The first kappa shape index (κ1) is 13.6. The lowest BCUT2D eigenvalue weighted by atomic mass is 10.0. The zero-order chi connectivity index (χ0) is 13.7. The molecule has 0 bridgehead atoms. The van der Waals surface area contributed by atoms with Gasteiger partial charge in [-0.3, -0.25) is 4.98 Å². The highest BCUT2D eigenvalue weighted by atomic mass is 16.5. The van der Waals surface area contributed by atoms with E-state index in [0.29, 0.717) is 12.5 Å². The van der Waals surface area contributed by atoms with Gasteiger partial charge in [-0.05, 0) is 35.7 Å². The molecule has 0 amide bonds. The molecule has 0 aliphatic carbocycles. The Labute approximate surface area is 114 Å². The van der Waals surface area contributed by atoms with Gasteiger partial charge in [-0.15, -0.1) is 0 Å². The molecule has 1 heterocycles. The molecule has 2 aromatic rings. The first-order chi connectivity index (χ1) is 9.20. The van der Waals surface area contributed by atoms with E-state index in [9.17, 15) is 0 Å². The van der Waals surface area contributed by atoms with Crippen LogP contribution in [0, 0.1) is 0 Å². The maximum atomic E-state index is 5.95. The Bertz CT molecular complexity index is 511. The van der Waals surface area contributed by atoms with Crippen molar-refractivity contribution in [2.24, 2.45) is 5.73 Å². The van der Waals surface area contributed by atoms with Gasteiger partial charge in [0.25, 0.3) is 0 Å². The van der Waals surface area contributed by atoms with Crippen molar-refractivity contribution in [3.8, 4) is 5.75 Å². The predicted molar refractivity (Wildman–Crippen MR) is 77.2 cm³/mol. The molecule has 0 aliphatic rings. The average molecular weight is 256 g/mol. The molecule has 2 N–H and O–H groups in total. The molecule has 3 nitrogen and oxygen atoms in total. The minimum Gasteiger partial charge on any atom is -0.483 e. The molecule has 1 unspecified atom stereocenters. The van der Waals surface area contributed by atoms with Gasteiger partial charge in [-0.1, -0.05) is 32.0 Å². The topological polar surface area (TPSA) is 48.1 Å². The predicted octanol–water partition coefficient (Wildman–Crippen LogP) is 3.28. The molecule has 0 aliphatic heterocycles. The van der Waals surface area contributed by atoms with E-state index in [4.69, 9.17) is 10.5 Å². The standard InChI is InChI=1S/C16H20N2O/c1-12(2)13-6-5-7-14(10-13)19-16(11-17)15-8-3-4-9-18-15/h3-10,12,16H,11,17H2,1-2H3. The zero-order valence-corrected chi connectivity index (χ0v) is 11.4. The Morgan fingerprint density at radius 3 is 2.63 bits per heavy atom. The molecule has 2 rings (SSSR count). The summed E-state index contributed by atoms with van der Waals surface area (Å²) in [4.78, 5) is 4.30. The van der Waals surface area contributed by atoms with Crippen molar-refractivity contribution >= 4 is 0 Å². The third-order valence-corrected chi connectivity index (χ3v) is 3.03. The van der Waals surface area contributed by atoms with Crippen LogP contribution in [-0.4, -0.2) is 11.5 Å². The molecule has 100 valence electrons. The number of pyridine rings is 1. The number of rotatable bonds is 5. The van der Waals surface area contributed by atoms with Crippen molar-refractivity contribution < 1.29 is 4.74 Å². The van der Waals surface area contributed by atoms with Crippen molar-refractivity contribution in [1.29, 1.82) is 0 Å². The lowest BCUT2D eigenvalue weighted by Crippen LogP contribution is -2.19. The molecular formula is C16H20N2O. The van der Waals surface area contributed by atoms with E-state index in [-0.39, 0.29) is 6.10 Å². The summed E-state index contributed by atoms with van der Waals surface area (Å²) in [7, 11) is 0. The van der Waals surface area contributed by atoms with Gasteiger partial charge in [0.15, 0.2) is 6.10 Å². The lowest BCUT2D eigenvalue weighted by molar-refractivity contribution is 0.209. The fourth-order valence-corrected chi connectivity index (χ4v) is 1.91. The van der Waals surface area contributed by atoms with Gasteiger partial charge in [0.05, 0.1) is 5.69 Å². The van der Waals surface area contributed by atoms with Crippen LogP contribution in [0.15, 0.2) is 48.7 Å². The minimum absolute atomic E-state index is 0.205. The maximum absolute atomic E-state index is 5.95. The van der Waals surface area contributed by atoms with E-state index < -0.39 is 0 Å². The molecule has 0 fully saturated rings. The average Bonchev–Trinajstić information content (AvgIpc) is 2.46. The molecule has 3 heteroatoms.